The SMILES string of the molecule is CCCCCCCCCCCCN1CN(C(=O)OC)c2nc3ccccc3n2C1. The number of nitrogens with zero attached hydrogens (tertiary/aromatic N) is 4. The molecule has 1 aromatic carbocycles. The van der Waals surface area contributed by atoms with Crippen LogP contribution in [0.4, 0.5) is 10.7 Å². The monoisotopic (exact) mass is 400 g/mol. The van der Waals surface area contributed by atoms with Gasteiger partial charge in [-0.15, -0.1) is 0 Å². The Hall–Kier alpha value is -2.08. The molecule has 2 heterocycles. The fourth-order valence-corrected chi connectivity index (χ4v) is 4.13. The van der Waals surface area contributed by atoms with Crippen LogP contribution in [0.3, 0.4) is 0 Å². The van der Waals surface area contributed by atoms with Crippen LogP contribution in [0.25, 0.3) is 11.0 Å². The van der Waals surface area contributed by atoms with Crippen LogP contribution in [0.2, 0.25) is 0 Å². The molecule has 3 rings (SSSR count). The van der Waals surface area contributed by atoms with E-state index < -0.39 is 0 Å². The number of hydrogen-bond donors (Lipinski definition) is 0. The highest BCUT2D eigenvalue weighted by Gasteiger charge is 2.30. The van der Waals surface area contributed by atoms with Gasteiger partial charge in [-0.25, -0.2) is 14.7 Å². The molecule has 0 unspecified atom stereocenters. The van der Waals surface area contributed by atoms with E-state index in [9.17, 15) is 4.79 Å². The molecule has 1 amide bonds. The van der Waals surface area contributed by atoms with Crippen molar-refractivity contribution >= 4 is 23.1 Å². The van der Waals surface area contributed by atoms with Crippen molar-refractivity contribution < 1.29 is 9.53 Å². The smallest absolute Gasteiger partial charge is 0.417 e. The number of hydrogen-bond acceptors (Lipinski definition) is 4. The summed E-state index contributed by atoms with van der Waals surface area (Å²) in [7, 11) is 1.43. The first-order valence-electron chi connectivity index (χ1n) is 11.3. The molecular formula is C23H36N4O2. The Bertz CT molecular complexity index is 773. The lowest BCUT2D eigenvalue weighted by Gasteiger charge is -2.35. The number of unbranched alkanes of at least 4 members (excludes halogenated alkanes) is 9. The van der Waals surface area contributed by atoms with Gasteiger partial charge in [0.1, 0.15) is 0 Å². The first-order valence-corrected chi connectivity index (χ1v) is 11.3. The van der Waals surface area contributed by atoms with E-state index in [1.165, 1.54) is 64.9 Å². The maximum Gasteiger partial charge on any atom is 0.417 e. The zero-order valence-electron chi connectivity index (χ0n) is 18.1. The van der Waals surface area contributed by atoms with E-state index in [4.69, 9.17) is 4.74 Å². The van der Waals surface area contributed by atoms with E-state index in [0.29, 0.717) is 12.6 Å². The van der Waals surface area contributed by atoms with Crippen molar-refractivity contribution in [2.24, 2.45) is 0 Å². The number of imidazole rings is 1. The molecule has 6 nitrogen and oxygen atoms in total. The van der Waals surface area contributed by atoms with Gasteiger partial charge in [0.05, 0.1) is 31.5 Å². The summed E-state index contributed by atoms with van der Waals surface area (Å²) in [5.41, 5.74) is 1.97. The van der Waals surface area contributed by atoms with E-state index in [2.05, 4.69) is 27.4 Å². The van der Waals surface area contributed by atoms with Gasteiger partial charge in [0.15, 0.2) is 0 Å². The molecule has 29 heavy (non-hydrogen) atoms. The van der Waals surface area contributed by atoms with Gasteiger partial charge in [-0.2, -0.15) is 0 Å². The first kappa shape index (κ1) is 21.6. The molecule has 0 bridgehead atoms. The number of benzene rings is 1. The van der Waals surface area contributed by atoms with Crippen molar-refractivity contribution in [2.45, 2.75) is 77.8 Å². The van der Waals surface area contributed by atoms with E-state index >= 15 is 0 Å². The molecule has 0 spiro atoms. The average molecular weight is 401 g/mol. The second kappa shape index (κ2) is 11.2. The summed E-state index contributed by atoms with van der Waals surface area (Å²) in [6.07, 6.45) is 13.0. The third kappa shape index (κ3) is 5.72. The second-order valence-corrected chi connectivity index (χ2v) is 8.09. The van der Waals surface area contributed by atoms with Crippen LogP contribution >= 0.6 is 0 Å². The summed E-state index contributed by atoms with van der Waals surface area (Å²) in [6, 6.07) is 8.04. The van der Waals surface area contributed by atoms with Crippen LogP contribution in [-0.2, 0) is 11.4 Å². The first-order chi connectivity index (χ1) is 14.2. The number of fused-ring (bicyclic) bond motifs is 3. The van der Waals surface area contributed by atoms with Crippen LogP contribution in [-0.4, -0.2) is 40.9 Å². The van der Waals surface area contributed by atoms with Crippen molar-refractivity contribution in [3.05, 3.63) is 24.3 Å². The highest BCUT2D eigenvalue weighted by atomic mass is 16.5. The Balaban J connectivity index is 1.47. The summed E-state index contributed by atoms with van der Waals surface area (Å²) >= 11 is 0. The molecule has 0 atom stereocenters. The zero-order chi connectivity index (χ0) is 20.5. The number of amides is 1. The minimum Gasteiger partial charge on any atom is -0.452 e. The number of anilines is 1. The predicted molar refractivity (Wildman–Crippen MR) is 118 cm³/mol. The minimum absolute atomic E-state index is 0.352. The molecular weight excluding hydrogens is 364 g/mol. The van der Waals surface area contributed by atoms with Gasteiger partial charge >= 0.3 is 6.09 Å². The number of carbonyl (C=O) groups excluding carboxylic acids is 1. The van der Waals surface area contributed by atoms with Crippen LogP contribution in [0.15, 0.2) is 24.3 Å². The highest BCUT2D eigenvalue weighted by molar-refractivity contribution is 5.89. The predicted octanol–water partition coefficient (Wildman–Crippen LogP) is 5.76. The molecule has 0 N–H and O–H groups in total. The molecule has 6 heteroatoms. The Morgan fingerprint density at radius 1 is 0.966 bits per heavy atom. The summed E-state index contributed by atoms with van der Waals surface area (Å²) in [5.74, 6) is 0.678. The minimum atomic E-state index is -0.352. The summed E-state index contributed by atoms with van der Waals surface area (Å²) in [4.78, 5) is 20.9. The average Bonchev–Trinajstić information content (AvgIpc) is 3.12. The number of para-hydroxylation sites is 2. The number of carbonyl (C=O) groups is 1. The van der Waals surface area contributed by atoms with Crippen molar-refractivity contribution in [3.8, 4) is 0 Å². The van der Waals surface area contributed by atoms with Crippen molar-refractivity contribution in [1.82, 2.24) is 14.5 Å². The molecule has 160 valence electrons. The van der Waals surface area contributed by atoms with E-state index in [-0.39, 0.29) is 6.09 Å². The van der Waals surface area contributed by atoms with Gasteiger partial charge in [-0.3, -0.25) is 9.47 Å². The molecule has 1 aromatic heterocycles. The lowest BCUT2D eigenvalue weighted by Crippen LogP contribution is -2.48. The summed E-state index contributed by atoms with van der Waals surface area (Å²) in [5, 5.41) is 0. The van der Waals surface area contributed by atoms with Crippen LogP contribution < -0.4 is 4.90 Å². The number of methoxy groups -OCH3 is 1. The molecule has 0 aliphatic carbocycles. The Morgan fingerprint density at radius 3 is 2.31 bits per heavy atom. The third-order valence-corrected chi connectivity index (χ3v) is 5.78. The van der Waals surface area contributed by atoms with Crippen molar-refractivity contribution in [2.75, 3.05) is 25.2 Å². The second-order valence-electron chi connectivity index (χ2n) is 8.09. The van der Waals surface area contributed by atoms with Crippen LogP contribution in [0.5, 0.6) is 0 Å². The normalized spacial score (nSPS) is 14.3. The van der Waals surface area contributed by atoms with Crippen LogP contribution in [0, 0.1) is 0 Å². The Morgan fingerprint density at radius 2 is 1.62 bits per heavy atom. The lowest BCUT2D eigenvalue weighted by atomic mass is 10.1. The quantitative estimate of drug-likeness (QED) is 0.450. The molecule has 0 radical (unpaired) electrons. The standard InChI is InChI=1S/C23H36N4O2/c1-3-4-5-6-7-8-9-10-11-14-17-25-18-26-21-16-13-12-15-20(21)24-22(26)27(19-25)23(28)29-2/h12-13,15-16H,3-11,14,17-19H2,1-2H3. The topological polar surface area (TPSA) is 50.6 Å². The lowest BCUT2D eigenvalue weighted by molar-refractivity contribution is 0.153. The van der Waals surface area contributed by atoms with Crippen molar-refractivity contribution in [3.63, 3.8) is 0 Å². The van der Waals surface area contributed by atoms with Crippen LogP contribution in [0.1, 0.15) is 71.1 Å². The number of rotatable bonds is 11. The van der Waals surface area contributed by atoms with Crippen molar-refractivity contribution in [1.29, 1.82) is 0 Å². The maximum absolute atomic E-state index is 12.3. The zero-order valence-corrected chi connectivity index (χ0v) is 18.1. The van der Waals surface area contributed by atoms with Gasteiger partial charge in [0, 0.05) is 6.54 Å². The highest BCUT2D eigenvalue weighted by Crippen LogP contribution is 2.27. The molecule has 1 aliphatic rings. The number of ether oxygens (including phenoxy) is 1. The van der Waals surface area contributed by atoms with E-state index in [0.717, 1.165) is 30.7 Å². The van der Waals surface area contributed by atoms with Gasteiger partial charge in [-0.1, -0.05) is 76.8 Å². The third-order valence-electron chi connectivity index (χ3n) is 5.78. The molecule has 1 aliphatic heterocycles. The van der Waals surface area contributed by atoms with E-state index in [1.54, 1.807) is 4.90 Å². The Labute approximate surface area is 174 Å². The van der Waals surface area contributed by atoms with E-state index in [1.807, 2.05) is 18.2 Å². The Kier molecular flexibility index (Phi) is 8.35. The molecule has 0 saturated carbocycles. The number of aromatic nitrogens is 2. The maximum atomic E-state index is 12.3. The molecule has 0 saturated heterocycles. The fraction of sp³-hybridized carbons (Fsp3) is 0.652. The van der Waals surface area contributed by atoms with Gasteiger partial charge in [0.2, 0.25) is 5.95 Å². The van der Waals surface area contributed by atoms with Gasteiger partial charge in [-0.05, 0) is 18.6 Å². The molecule has 2 aromatic rings. The fourth-order valence-electron chi connectivity index (χ4n) is 4.13. The van der Waals surface area contributed by atoms with Gasteiger partial charge < -0.3 is 4.74 Å². The van der Waals surface area contributed by atoms with Gasteiger partial charge in [0.25, 0.3) is 0 Å². The summed E-state index contributed by atoms with van der Waals surface area (Å²) < 4.78 is 7.12. The summed E-state index contributed by atoms with van der Waals surface area (Å²) in [6.45, 7) is 4.55. The molecule has 0 fully saturated rings. The largest absolute Gasteiger partial charge is 0.452 e.